The van der Waals surface area contributed by atoms with Crippen LogP contribution in [-0.2, 0) is 26.7 Å². The van der Waals surface area contributed by atoms with Crippen LogP contribution in [0, 0.1) is 0 Å². The number of nitrogens with zero attached hydrogens (tertiary/aromatic N) is 1. The van der Waals surface area contributed by atoms with Crippen LogP contribution in [0.3, 0.4) is 0 Å². The highest BCUT2D eigenvalue weighted by atomic mass is 28.4. The van der Waals surface area contributed by atoms with Gasteiger partial charge in [-0.25, -0.2) is 4.79 Å². The molecule has 2 aromatic carbocycles. The highest BCUT2D eigenvalue weighted by Crippen LogP contribution is 2.44. The summed E-state index contributed by atoms with van der Waals surface area (Å²) in [7, 11) is -1.95. The molecule has 0 saturated carbocycles. The van der Waals surface area contributed by atoms with Gasteiger partial charge in [-0.2, -0.15) is 13.2 Å². The van der Waals surface area contributed by atoms with Crippen LogP contribution in [0.1, 0.15) is 74.4 Å². The second-order valence-corrected chi connectivity index (χ2v) is 18.3. The predicted octanol–water partition coefficient (Wildman–Crippen LogP) is 6.51. The fourth-order valence-electron chi connectivity index (χ4n) is 6.07. The minimum Gasteiger partial charge on any atom is -0.409 e. The molecular formula is C32H43F3N4O4Si. The maximum Gasteiger partial charge on any atom is 0.416 e. The summed E-state index contributed by atoms with van der Waals surface area (Å²) in [6.45, 7) is 12.0. The summed E-state index contributed by atoms with van der Waals surface area (Å²) in [6, 6.07) is 10.3. The summed E-state index contributed by atoms with van der Waals surface area (Å²) in [5.41, 5.74) is 2.28. The van der Waals surface area contributed by atoms with Crippen molar-refractivity contribution in [2.45, 2.75) is 95.2 Å². The van der Waals surface area contributed by atoms with Gasteiger partial charge in [-0.05, 0) is 60.3 Å². The summed E-state index contributed by atoms with van der Waals surface area (Å²) in [6.07, 6.45) is -2.74. The Kier molecular flexibility index (Phi) is 9.08. The lowest BCUT2D eigenvalue weighted by molar-refractivity contribution is -0.140. The lowest BCUT2D eigenvalue weighted by Gasteiger charge is -2.47. The number of benzene rings is 2. The summed E-state index contributed by atoms with van der Waals surface area (Å²) >= 11 is 0. The van der Waals surface area contributed by atoms with Crippen LogP contribution in [0.15, 0.2) is 42.5 Å². The number of hydrogen-bond acceptors (Lipinski definition) is 5. The van der Waals surface area contributed by atoms with E-state index in [4.69, 9.17) is 9.16 Å². The summed E-state index contributed by atoms with van der Waals surface area (Å²) in [4.78, 5) is 27.0. The van der Waals surface area contributed by atoms with Crippen molar-refractivity contribution in [2.75, 3.05) is 25.0 Å². The quantitative estimate of drug-likeness (QED) is 0.303. The van der Waals surface area contributed by atoms with Gasteiger partial charge in [-0.1, -0.05) is 45.0 Å². The third-order valence-electron chi connectivity index (χ3n) is 9.49. The van der Waals surface area contributed by atoms with Crippen LogP contribution in [0.2, 0.25) is 18.1 Å². The predicted molar refractivity (Wildman–Crippen MR) is 165 cm³/mol. The second-order valence-electron chi connectivity index (χ2n) is 13.5. The smallest absolute Gasteiger partial charge is 0.409 e. The molecule has 3 amide bonds. The van der Waals surface area contributed by atoms with Gasteiger partial charge in [0.2, 0.25) is 5.91 Å². The Hall–Kier alpha value is -3.09. The van der Waals surface area contributed by atoms with Crippen LogP contribution in [0.25, 0.3) is 0 Å². The number of nitrogens with one attached hydrogen (secondary N) is 3. The average Bonchev–Trinajstić information content (AvgIpc) is 3.45. The van der Waals surface area contributed by atoms with Gasteiger partial charge in [0, 0.05) is 30.8 Å². The van der Waals surface area contributed by atoms with Crippen LogP contribution in [0.5, 0.6) is 0 Å². The maximum atomic E-state index is 13.6. The zero-order chi connectivity index (χ0) is 31.9. The highest BCUT2D eigenvalue weighted by Gasteiger charge is 2.45. The molecule has 3 aliphatic rings. The van der Waals surface area contributed by atoms with E-state index >= 15 is 0 Å². The Balaban J connectivity index is 1.14. The third-order valence-corrected chi connectivity index (χ3v) is 14.0. The number of anilines is 1. The van der Waals surface area contributed by atoms with Gasteiger partial charge in [0.25, 0.3) is 0 Å². The molecule has 2 fully saturated rings. The fourth-order valence-corrected chi connectivity index (χ4v) is 7.42. The highest BCUT2D eigenvalue weighted by molar-refractivity contribution is 6.74. The summed E-state index contributed by atoms with van der Waals surface area (Å²) in [5.74, 6) is -0.417. The Labute approximate surface area is 258 Å². The number of urea groups is 1. The molecule has 0 aromatic heterocycles. The van der Waals surface area contributed by atoms with E-state index in [0.717, 1.165) is 29.3 Å². The van der Waals surface area contributed by atoms with Gasteiger partial charge in [-0.3, -0.25) is 4.79 Å². The first-order valence-electron chi connectivity index (χ1n) is 15.3. The molecule has 0 aliphatic carbocycles. The molecule has 0 spiro atoms. The van der Waals surface area contributed by atoms with E-state index < -0.39 is 38.0 Å². The minimum atomic E-state index is -4.51. The van der Waals surface area contributed by atoms with Crippen molar-refractivity contribution >= 4 is 25.9 Å². The molecule has 3 heterocycles. The number of rotatable bonds is 7. The molecule has 3 N–H and O–H groups in total. The molecule has 44 heavy (non-hydrogen) atoms. The number of ether oxygens (including phenoxy) is 1. The van der Waals surface area contributed by atoms with Crippen molar-refractivity contribution in [1.29, 1.82) is 0 Å². The van der Waals surface area contributed by atoms with Crippen molar-refractivity contribution in [2.24, 2.45) is 0 Å². The Bertz CT molecular complexity index is 1380. The van der Waals surface area contributed by atoms with Gasteiger partial charge in [0.15, 0.2) is 8.32 Å². The molecule has 2 bridgehead atoms. The van der Waals surface area contributed by atoms with Gasteiger partial charge in [-0.15, -0.1) is 0 Å². The Morgan fingerprint density at radius 2 is 1.84 bits per heavy atom. The zero-order valence-electron chi connectivity index (χ0n) is 26.0. The first-order chi connectivity index (χ1) is 20.6. The van der Waals surface area contributed by atoms with Crippen molar-refractivity contribution in [3.63, 3.8) is 0 Å². The van der Waals surface area contributed by atoms with E-state index in [1.54, 1.807) is 6.07 Å². The van der Waals surface area contributed by atoms with Crippen LogP contribution in [-0.4, -0.2) is 57.0 Å². The molecule has 240 valence electrons. The van der Waals surface area contributed by atoms with Gasteiger partial charge >= 0.3 is 12.2 Å². The standard InChI is InChI=1S/C32H43F3N4O4Si/c1-31(2,3)44(4,5)43-28-19-42-27-16-25(28)38-24-13-12-20(15-22(24)27)17-36-30(41)37-18-29(40)39-14-8-11-26(39)21-9-6-7-10-23(21)32(33,34)35/h6-7,9-10,12-13,15,25-28,38H,8,11,14,16-19H2,1-5H3,(H2,36,37,41)/t25-,26+,27-,28+/m0/s1. The average molecular weight is 633 g/mol. The van der Waals surface area contributed by atoms with Gasteiger partial charge in [0.1, 0.15) is 0 Å². The molecule has 0 radical (unpaired) electrons. The van der Waals surface area contributed by atoms with Crippen LogP contribution >= 0.6 is 0 Å². The van der Waals surface area contributed by atoms with Crippen molar-refractivity contribution in [3.8, 4) is 0 Å². The number of halogens is 3. The molecule has 2 saturated heterocycles. The first-order valence-corrected chi connectivity index (χ1v) is 18.2. The zero-order valence-corrected chi connectivity index (χ0v) is 27.0. The molecule has 0 unspecified atom stereocenters. The molecule has 2 aromatic rings. The van der Waals surface area contributed by atoms with E-state index in [0.29, 0.717) is 26.0 Å². The Morgan fingerprint density at radius 3 is 2.57 bits per heavy atom. The van der Waals surface area contributed by atoms with Gasteiger partial charge < -0.3 is 30.0 Å². The lowest BCUT2D eigenvalue weighted by Crippen LogP contribution is -2.54. The van der Waals surface area contributed by atoms with Crippen molar-refractivity contribution < 1.29 is 31.9 Å². The maximum absolute atomic E-state index is 13.6. The first kappa shape index (κ1) is 32.3. The molecule has 5 rings (SSSR count). The fraction of sp³-hybridized carbons (Fsp3) is 0.562. The lowest BCUT2D eigenvalue weighted by atomic mass is 9.89. The molecule has 3 aliphatic heterocycles. The van der Waals surface area contributed by atoms with E-state index in [2.05, 4.69) is 49.8 Å². The molecule has 8 nitrogen and oxygen atoms in total. The number of hydrogen-bond donors (Lipinski definition) is 3. The summed E-state index contributed by atoms with van der Waals surface area (Å²) in [5, 5.41) is 9.10. The van der Waals surface area contributed by atoms with Crippen LogP contribution in [0.4, 0.5) is 23.7 Å². The molecular weight excluding hydrogens is 589 g/mol. The number of carbonyl (C=O) groups excluding carboxylic acids is 2. The van der Waals surface area contributed by atoms with E-state index in [-0.39, 0.29) is 41.9 Å². The number of fused-ring (bicyclic) bond motifs is 4. The second kappa shape index (κ2) is 12.4. The van der Waals surface area contributed by atoms with Crippen LogP contribution < -0.4 is 16.0 Å². The Morgan fingerprint density at radius 1 is 1.09 bits per heavy atom. The van der Waals surface area contributed by atoms with Crippen molar-refractivity contribution in [1.82, 2.24) is 15.5 Å². The molecule has 12 heteroatoms. The normalized spacial score (nSPS) is 23.5. The molecule has 4 atom stereocenters. The van der Waals surface area contributed by atoms with E-state index in [1.165, 1.54) is 17.0 Å². The largest absolute Gasteiger partial charge is 0.416 e. The van der Waals surface area contributed by atoms with E-state index in [1.807, 2.05) is 18.2 Å². The minimum absolute atomic E-state index is 0.0109. The monoisotopic (exact) mass is 632 g/mol. The van der Waals surface area contributed by atoms with Crippen molar-refractivity contribution in [3.05, 3.63) is 64.7 Å². The topological polar surface area (TPSA) is 91.9 Å². The SMILES string of the molecule is CC(C)(C)[Si](C)(C)O[C@@H]1CO[C@H]2C[C@@H]1Nc1ccc(CNC(=O)NCC(=O)N3CCC[C@@H]3c3ccccc3C(F)(F)F)cc12. The number of amides is 3. The van der Waals surface area contributed by atoms with E-state index in [9.17, 15) is 22.8 Å². The van der Waals surface area contributed by atoms with Gasteiger partial charge in [0.05, 0.1) is 43.0 Å². The number of carbonyl (C=O) groups is 2. The summed E-state index contributed by atoms with van der Waals surface area (Å²) < 4.78 is 53.7. The number of alkyl halides is 3. The third kappa shape index (κ3) is 6.92. The number of likely N-dealkylation sites (tertiary alicyclic amines) is 1.